The zero-order valence-corrected chi connectivity index (χ0v) is 11.3. The van der Waals surface area contributed by atoms with E-state index in [2.05, 4.69) is 26.2 Å². The van der Waals surface area contributed by atoms with Gasteiger partial charge in [-0.3, -0.25) is 4.79 Å². The molecule has 1 fully saturated rings. The number of carbonyl (C=O) groups is 1. The molecule has 110 valence electrons. The third-order valence-electron chi connectivity index (χ3n) is 3.47. The third-order valence-corrected chi connectivity index (χ3v) is 3.47. The largest absolute Gasteiger partial charge is 0.351 e. The monoisotopic (exact) mass is 290 g/mol. The Morgan fingerprint density at radius 3 is 3.14 bits per heavy atom. The van der Waals surface area contributed by atoms with Crippen molar-refractivity contribution in [3.63, 3.8) is 0 Å². The Hall–Kier alpha value is -2.35. The van der Waals surface area contributed by atoms with E-state index in [9.17, 15) is 9.18 Å². The smallest absolute Gasteiger partial charge is 0.237 e. The molecule has 0 aliphatic carbocycles. The van der Waals surface area contributed by atoms with Crippen molar-refractivity contribution in [2.24, 2.45) is 0 Å². The number of hydrogen-bond acceptors (Lipinski definition) is 5. The van der Waals surface area contributed by atoms with Gasteiger partial charge in [-0.25, -0.2) is 9.07 Å². The van der Waals surface area contributed by atoms with Crippen molar-refractivity contribution in [2.45, 2.75) is 25.4 Å². The van der Waals surface area contributed by atoms with Gasteiger partial charge in [0.1, 0.15) is 12.1 Å². The van der Waals surface area contributed by atoms with Gasteiger partial charge in [-0.2, -0.15) is 0 Å². The summed E-state index contributed by atoms with van der Waals surface area (Å²) in [7, 11) is 0. The number of rotatable bonds is 4. The lowest BCUT2D eigenvalue weighted by Gasteiger charge is -2.13. The summed E-state index contributed by atoms with van der Waals surface area (Å²) in [4.78, 5) is 12.0. The molecular weight excluding hydrogens is 275 g/mol. The van der Waals surface area contributed by atoms with Crippen LogP contribution in [0.1, 0.15) is 18.4 Å². The summed E-state index contributed by atoms with van der Waals surface area (Å²) >= 11 is 0. The van der Waals surface area contributed by atoms with E-state index >= 15 is 0 Å². The number of aromatic nitrogens is 4. The van der Waals surface area contributed by atoms with Crippen LogP contribution in [0.5, 0.6) is 0 Å². The fourth-order valence-electron chi connectivity index (χ4n) is 2.40. The van der Waals surface area contributed by atoms with Gasteiger partial charge in [-0.1, -0.05) is 0 Å². The molecule has 7 nitrogen and oxygen atoms in total. The SMILES string of the molecule is O=C(NCc1cc(F)ccc1-n1cnnn1)[C@@H]1CCCN1. The van der Waals surface area contributed by atoms with Crippen LogP contribution in [0.15, 0.2) is 24.5 Å². The maximum absolute atomic E-state index is 13.4. The zero-order chi connectivity index (χ0) is 14.7. The molecule has 3 rings (SSSR count). The van der Waals surface area contributed by atoms with Crippen LogP contribution >= 0.6 is 0 Å². The molecule has 1 aliphatic heterocycles. The average Bonchev–Trinajstić information content (AvgIpc) is 3.17. The van der Waals surface area contributed by atoms with Crippen LogP contribution in [0, 0.1) is 5.82 Å². The molecule has 1 aliphatic rings. The number of nitrogens with one attached hydrogen (secondary N) is 2. The van der Waals surface area contributed by atoms with Crippen molar-refractivity contribution in [1.82, 2.24) is 30.8 Å². The molecule has 2 aromatic rings. The summed E-state index contributed by atoms with van der Waals surface area (Å²) in [5.41, 5.74) is 1.26. The second-order valence-corrected chi connectivity index (χ2v) is 4.89. The second-order valence-electron chi connectivity index (χ2n) is 4.89. The lowest BCUT2D eigenvalue weighted by atomic mass is 10.1. The van der Waals surface area contributed by atoms with E-state index in [4.69, 9.17) is 0 Å². The number of tetrazole rings is 1. The number of carbonyl (C=O) groups excluding carboxylic acids is 1. The van der Waals surface area contributed by atoms with Crippen molar-refractivity contribution in [3.8, 4) is 5.69 Å². The van der Waals surface area contributed by atoms with Crippen molar-refractivity contribution in [2.75, 3.05) is 6.54 Å². The quantitative estimate of drug-likeness (QED) is 0.838. The molecule has 2 heterocycles. The number of halogens is 1. The van der Waals surface area contributed by atoms with E-state index in [1.165, 1.54) is 23.1 Å². The Morgan fingerprint density at radius 1 is 1.52 bits per heavy atom. The van der Waals surface area contributed by atoms with Gasteiger partial charge >= 0.3 is 0 Å². The van der Waals surface area contributed by atoms with E-state index in [1.54, 1.807) is 6.07 Å². The summed E-state index contributed by atoms with van der Waals surface area (Å²) < 4.78 is 14.9. The normalized spacial score (nSPS) is 17.9. The molecule has 1 atom stereocenters. The Balaban J connectivity index is 1.75. The Morgan fingerprint density at radius 2 is 2.43 bits per heavy atom. The molecule has 1 saturated heterocycles. The van der Waals surface area contributed by atoms with Gasteiger partial charge in [0.25, 0.3) is 0 Å². The summed E-state index contributed by atoms with van der Waals surface area (Å²) in [6.45, 7) is 1.08. The first-order chi connectivity index (χ1) is 10.2. The second kappa shape index (κ2) is 5.96. The molecule has 21 heavy (non-hydrogen) atoms. The molecule has 2 N–H and O–H groups in total. The summed E-state index contributed by atoms with van der Waals surface area (Å²) in [6.07, 6.45) is 3.25. The molecule has 0 spiro atoms. The Kier molecular flexibility index (Phi) is 3.87. The summed E-state index contributed by atoms with van der Waals surface area (Å²) in [5, 5.41) is 16.9. The van der Waals surface area contributed by atoms with E-state index in [1.807, 2.05) is 0 Å². The van der Waals surface area contributed by atoms with Gasteiger partial charge < -0.3 is 10.6 Å². The lowest BCUT2D eigenvalue weighted by Crippen LogP contribution is -2.40. The van der Waals surface area contributed by atoms with E-state index in [0.717, 1.165) is 19.4 Å². The molecule has 8 heteroatoms. The highest BCUT2D eigenvalue weighted by Gasteiger charge is 2.21. The van der Waals surface area contributed by atoms with Crippen molar-refractivity contribution >= 4 is 5.91 Å². The molecule has 0 bridgehead atoms. The van der Waals surface area contributed by atoms with Crippen LogP contribution < -0.4 is 10.6 Å². The van der Waals surface area contributed by atoms with Crippen LogP contribution in [-0.4, -0.2) is 38.7 Å². The first-order valence-corrected chi connectivity index (χ1v) is 6.77. The van der Waals surface area contributed by atoms with Crippen LogP contribution in [-0.2, 0) is 11.3 Å². The standard InChI is InChI=1S/C13H15FN6O/c14-10-3-4-12(20-8-17-18-19-20)9(6-10)7-16-13(21)11-2-1-5-15-11/h3-4,6,8,11,15H,1-2,5,7H2,(H,16,21)/t11-/m0/s1. The maximum Gasteiger partial charge on any atom is 0.237 e. The Labute approximate surface area is 120 Å². The average molecular weight is 290 g/mol. The molecule has 1 amide bonds. The van der Waals surface area contributed by atoms with Gasteiger partial charge in [0.15, 0.2) is 0 Å². The van der Waals surface area contributed by atoms with Crippen LogP contribution in [0.3, 0.4) is 0 Å². The molecule has 1 aromatic carbocycles. The van der Waals surface area contributed by atoms with Gasteiger partial charge in [-0.15, -0.1) is 5.10 Å². The van der Waals surface area contributed by atoms with E-state index in [-0.39, 0.29) is 24.3 Å². The highest BCUT2D eigenvalue weighted by molar-refractivity contribution is 5.82. The predicted molar refractivity (Wildman–Crippen MR) is 72.0 cm³/mol. The minimum Gasteiger partial charge on any atom is -0.351 e. The van der Waals surface area contributed by atoms with Gasteiger partial charge in [0.05, 0.1) is 11.7 Å². The van der Waals surface area contributed by atoms with Crippen LogP contribution in [0.2, 0.25) is 0 Å². The number of nitrogens with zero attached hydrogens (tertiary/aromatic N) is 4. The Bertz CT molecular complexity index is 624. The van der Waals surface area contributed by atoms with Crippen molar-refractivity contribution < 1.29 is 9.18 Å². The predicted octanol–water partition coefficient (Wildman–Crippen LogP) is 0.170. The fourth-order valence-corrected chi connectivity index (χ4v) is 2.40. The highest BCUT2D eigenvalue weighted by atomic mass is 19.1. The summed E-state index contributed by atoms with van der Waals surface area (Å²) in [5.74, 6) is -0.436. The first kappa shape index (κ1) is 13.6. The molecule has 1 aromatic heterocycles. The molecule has 0 radical (unpaired) electrons. The fraction of sp³-hybridized carbons (Fsp3) is 0.385. The number of benzene rings is 1. The minimum atomic E-state index is -0.366. The zero-order valence-electron chi connectivity index (χ0n) is 11.3. The van der Waals surface area contributed by atoms with Gasteiger partial charge in [0, 0.05) is 6.54 Å². The van der Waals surface area contributed by atoms with Gasteiger partial charge in [-0.05, 0) is 53.6 Å². The maximum atomic E-state index is 13.4. The molecular formula is C13H15FN6O. The molecule has 0 unspecified atom stereocenters. The van der Waals surface area contributed by atoms with Crippen LogP contribution in [0.4, 0.5) is 4.39 Å². The highest BCUT2D eigenvalue weighted by Crippen LogP contribution is 2.15. The van der Waals surface area contributed by atoms with Crippen molar-refractivity contribution in [1.29, 1.82) is 0 Å². The minimum absolute atomic E-state index is 0.0700. The number of amides is 1. The topological polar surface area (TPSA) is 84.7 Å². The third kappa shape index (κ3) is 3.05. The van der Waals surface area contributed by atoms with E-state index < -0.39 is 0 Å². The molecule has 0 saturated carbocycles. The lowest BCUT2D eigenvalue weighted by molar-refractivity contribution is -0.122. The van der Waals surface area contributed by atoms with E-state index in [0.29, 0.717) is 11.3 Å². The number of hydrogen-bond donors (Lipinski definition) is 2. The van der Waals surface area contributed by atoms with Gasteiger partial charge in [0.2, 0.25) is 5.91 Å². The summed E-state index contributed by atoms with van der Waals surface area (Å²) in [6, 6.07) is 4.14. The van der Waals surface area contributed by atoms with Crippen molar-refractivity contribution in [3.05, 3.63) is 35.9 Å². The first-order valence-electron chi connectivity index (χ1n) is 6.77. The van der Waals surface area contributed by atoms with Crippen LogP contribution in [0.25, 0.3) is 5.69 Å².